The number of fused-ring (bicyclic) bond motifs is 1. The molecule has 27 heavy (non-hydrogen) atoms. The van der Waals surface area contributed by atoms with E-state index < -0.39 is 5.97 Å². The molecule has 0 spiro atoms. The van der Waals surface area contributed by atoms with Crippen LogP contribution in [0.3, 0.4) is 0 Å². The van der Waals surface area contributed by atoms with Crippen molar-refractivity contribution in [2.24, 2.45) is 5.92 Å². The number of rotatable bonds is 4. The molecule has 0 aliphatic carbocycles. The minimum Gasteiger partial charge on any atom is -0.478 e. The predicted octanol–water partition coefficient (Wildman–Crippen LogP) is 2.87. The number of aromatic nitrogens is 1. The number of anilines is 1. The third-order valence-corrected chi connectivity index (χ3v) is 6.10. The Hall–Kier alpha value is -2.18. The summed E-state index contributed by atoms with van der Waals surface area (Å²) < 4.78 is 5.47. The van der Waals surface area contributed by atoms with Crippen molar-refractivity contribution in [2.45, 2.75) is 25.8 Å². The second kappa shape index (κ2) is 7.82. The van der Waals surface area contributed by atoms with Crippen LogP contribution in [0.2, 0.25) is 0 Å². The van der Waals surface area contributed by atoms with Gasteiger partial charge in [-0.1, -0.05) is 18.2 Å². The Morgan fingerprint density at radius 2 is 1.89 bits per heavy atom. The molecule has 6 nitrogen and oxygen atoms in total. The summed E-state index contributed by atoms with van der Waals surface area (Å²) in [5, 5.41) is 10.3. The molecule has 0 radical (unpaired) electrons. The number of hydrogen-bond donors (Lipinski definition) is 1. The largest absolute Gasteiger partial charge is 0.478 e. The maximum atomic E-state index is 11.7. The second-order valence-corrected chi connectivity index (χ2v) is 7.56. The van der Waals surface area contributed by atoms with Gasteiger partial charge in [0, 0.05) is 37.6 Å². The SMILES string of the molecule is CC(C1CCN(c2cc(C(=O)O)c3ccccc3n2)CC1)N1CCOCC1. The molecule has 1 unspecified atom stereocenters. The van der Waals surface area contributed by atoms with Crippen molar-refractivity contribution in [1.82, 2.24) is 9.88 Å². The number of ether oxygens (including phenoxy) is 1. The molecule has 2 aliphatic heterocycles. The molecule has 0 amide bonds. The lowest BCUT2D eigenvalue weighted by molar-refractivity contribution is 0.00448. The number of hydrogen-bond acceptors (Lipinski definition) is 5. The van der Waals surface area contributed by atoms with Crippen LogP contribution < -0.4 is 4.90 Å². The molecule has 144 valence electrons. The molecule has 2 aliphatic rings. The third-order valence-electron chi connectivity index (χ3n) is 6.10. The number of benzene rings is 1. The summed E-state index contributed by atoms with van der Waals surface area (Å²) in [4.78, 5) is 21.2. The molecule has 1 atom stereocenters. The first-order valence-electron chi connectivity index (χ1n) is 9.83. The van der Waals surface area contributed by atoms with Crippen LogP contribution in [0.1, 0.15) is 30.1 Å². The van der Waals surface area contributed by atoms with Gasteiger partial charge in [-0.15, -0.1) is 0 Å². The molecular weight excluding hydrogens is 342 g/mol. The molecule has 2 aromatic rings. The van der Waals surface area contributed by atoms with Crippen LogP contribution in [0, 0.1) is 5.92 Å². The maximum Gasteiger partial charge on any atom is 0.336 e. The summed E-state index contributed by atoms with van der Waals surface area (Å²) in [5.41, 5.74) is 1.08. The van der Waals surface area contributed by atoms with E-state index in [1.165, 1.54) is 0 Å². The minimum absolute atomic E-state index is 0.333. The molecule has 1 N–H and O–H groups in total. The number of aromatic carboxylic acids is 1. The van der Waals surface area contributed by atoms with Crippen LogP contribution in [-0.4, -0.2) is 66.4 Å². The van der Waals surface area contributed by atoms with Gasteiger partial charge >= 0.3 is 5.97 Å². The molecule has 1 aromatic carbocycles. The Balaban J connectivity index is 1.48. The van der Waals surface area contributed by atoms with Crippen LogP contribution in [0.25, 0.3) is 10.9 Å². The van der Waals surface area contributed by atoms with Crippen LogP contribution in [-0.2, 0) is 4.74 Å². The molecule has 0 bridgehead atoms. The quantitative estimate of drug-likeness (QED) is 0.894. The number of para-hydroxylation sites is 1. The highest BCUT2D eigenvalue weighted by Crippen LogP contribution is 2.29. The molecule has 2 fully saturated rings. The van der Waals surface area contributed by atoms with E-state index in [9.17, 15) is 9.90 Å². The van der Waals surface area contributed by atoms with Crippen LogP contribution in [0.4, 0.5) is 5.82 Å². The van der Waals surface area contributed by atoms with E-state index in [-0.39, 0.29) is 0 Å². The molecule has 3 heterocycles. The van der Waals surface area contributed by atoms with Crippen molar-refractivity contribution in [3.8, 4) is 0 Å². The third kappa shape index (κ3) is 3.77. The summed E-state index contributed by atoms with van der Waals surface area (Å²) in [6, 6.07) is 9.77. The van der Waals surface area contributed by atoms with Gasteiger partial charge in [0.2, 0.25) is 0 Å². The van der Waals surface area contributed by atoms with Crippen molar-refractivity contribution in [1.29, 1.82) is 0 Å². The van der Waals surface area contributed by atoms with E-state index in [1.54, 1.807) is 6.07 Å². The maximum absolute atomic E-state index is 11.7. The molecule has 4 rings (SSSR count). The standard InChI is InChI=1S/C21H27N3O3/c1-15(23-10-12-27-13-11-23)16-6-8-24(9-7-16)20-14-18(21(25)26)17-4-2-3-5-19(17)22-20/h2-5,14-16H,6-13H2,1H3,(H,25,26). The Labute approximate surface area is 159 Å². The number of carboxylic acids is 1. The fraction of sp³-hybridized carbons (Fsp3) is 0.524. The highest BCUT2D eigenvalue weighted by atomic mass is 16.5. The fourth-order valence-corrected chi connectivity index (χ4v) is 4.39. The minimum atomic E-state index is -0.898. The summed E-state index contributed by atoms with van der Waals surface area (Å²) in [6.45, 7) is 7.89. The summed E-state index contributed by atoms with van der Waals surface area (Å²) >= 11 is 0. The van der Waals surface area contributed by atoms with E-state index in [1.807, 2.05) is 24.3 Å². The van der Waals surface area contributed by atoms with Gasteiger partial charge in [0.1, 0.15) is 5.82 Å². The summed E-state index contributed by atoms with van der Waals surface area (Å²) in [6.07, 6.45) is 2.21. The highest BCUT2D eigenvalue weighted by Gasteiger charge is 2.29. The number of pyridine rings is 1. The monoisotopic (exact) mass is 369 g/mol. The zero-order valence-electron chi connectivity index (χ0n) is 15.8. The van der Waals surface area contributed by atoms with Crippen LogP contribution in [0.5, 0.6) is 0 Å². The van der Waals surface area contributed by atoms with Gasteiger partial charge < -0.3 is 14.7 Å². The topological polar surface area (TPSA) is 65.9 Å². The average Bonchev–Trinajstić information content (AvgIpc) is 2.73. The number of nitrogens with zero attached hydrogens (tertiary/aromatic N) is 3. The zero-order chi connectivity index (χ0) is 18.8. The van der Waals surface area contributed by atoms with Crippen molar-refractivity contribution in [3.05, 3.63) is 35.9 Å². The van der Waals surface area contributed by atoms with E-state index in [0.29, 0.717) is 22.9 Å². The Morgan fingerprint density at radius 3 is 2.59 bits per heavy atom. The lowest BCUT2D eigenvalue weighted by Crippen LogP contribution is -2.48. The first kappa shape index (κ1) is 18.2. The lowest BCUT2D eigenvalue weighted by Gasteiger charge is -2.41. The molecule has 1 aromatic heterocycles. The van der Waals surface area contributed by atoms with Gasteiger partial charge in [-0.25, -0.2) is 9.78 Å². The normalized spacial score (nSPS) is 20.7. The van der Waals surface area contributed by atoms with E-state index >= 15 is 0 Å². The van der Waals surface area contributed by atoms with E-state index in [2.05, 4.69) is 16.7 Å². The van der Waals surface area contributed by atoms with Crippen molar-refractivity contribution in [2.75, 3.05) is 44.3 Å². The van der Waals surface area contributed by atoms with Gasteiger partial charge in [-0.3, -0.25) is 4.90 Å². The molecule has 2 saturated heterocycles. The highest BCUT2D eigenvalue weighted by molar-refractivity contribution is 6.03. The van der Waals surface area contributed by atoms with Gasteiger partial charge in [-0.2, -0.15) is 0 Å². The number of piperidine rings is 1. The Kier molecular flexibility index (Phi) is 5.27. The van der Waals surface area contributed by atoms with Crippen molar-refractivity contribution < 1.29 is 14.6 Å². The Bertz CT molecular complexity index is 811. The van der Waals surface area contributed by atoms with Gasteiger partial charge in [0.15, 0.2) is 0 Å². The smallest absolute Gasteiger partial charge is 0.336 e. The average molecular weight is 369 g/mol. The van der Waals surface area contributed by atoms with Crippen LogP contribution in [0.15, 0.2) is 30.3 Å². The number of carbonyl (C=O) groups is 1. The fourth-order valence-electron chi connectivity index (χ4n) is 4.39. The number of morpholine rings is 1. The van der Waals surface area contributed by atoms with Gasteiger partial charge in [0.05, 0.1) is 24.3 Å². The zero-order valence-corrected chi connectivity index (χ0v) is 15.8. The van der Waals surface area contributed by atoms with E-state index in [4.69, 9.17) is 9.72 Å². The van der Waals surface area contributed by atoms with Crippen molar-refractivity contribution in [3.63, 3.8) is 0 Å². The lowest BCUT2D eigenvalue weighted by atomic mass is 9.89. The molecule has 6 heteroatoms. The summed E-state index contributed by atoms with van der Waals surface area (Å²) in [5.74, 6) is 0.549. The first-order chi connectivity index (χ1) is 13.1. The molecular formula is C21H27N3O3. The molecule has 0 saturated carbocycles. The van der Waals surface area contributed by atoms with Gasteiger partial charge in [0.25, 0.3) is 0 Å². The van der Waals surface area contributed by atoms with E-state index in [0.717, 1.165) is 63.6 Å². The predicted molar refractivity (Wildman–Crippen MR) is 105 cm³/mol. The van der Waals surface area contributed by atoms with Crippen molar-refractivity contribution >= 4 is 22.7 Å². The van der Waals surface area contributed by atoms with Crippen LogP contribution >= 0.6 is 0 Å². The second-order valence-electron chi connectivity index (χ2n) is 7.56. The summed E-state index contributed by atoms with van der Waals surface area (Å²) in [7, 11) is 0. The number of carboxylic acid groups (broad SMARTS) is 1. The Morgan fingerprint density at radius 1 is 1.19 bits per heavy atom. The first-order valence-corrected chi connectivity index (χ1v) is 9.83. The van der Waals surface area contributed by atoms with Gasteiger partial charge in [-0.05, 0) is 37.8 Å².